The fourth-order valence-corrected chi connectivity index (χ4v) is 2.41. The number of nitrogens with zero attached hydrogens (tertiary/aromatic N) is 2. The van der Waals surface area contributed by atoms with Crippen molar-refractivity contribution in [2.24, 2.45) is 0 Å². The predicted molar refractivity (Wildman–Crippen MR) is 95.0 cm³/mol. The van der Waals surface area contributed by atoms with Crippen LogP contribution in [0.25, 0.3) is 11.4 Å². The molecule has 8 heteroatoms. The van der Waals surface area contributed by atoms with Crippen molar-refractivity contribution >= 4 is 5.97 Å². The third-order valence-corrected chi connectivity index (χ3v) is 3.75. The van der Waals surface area contributed by atoms with Gasteiger partial charge in [-0.05, 0) is 0 Å². The average molecular weight is 370 g/mol. The zero-order chi connectivity index (χ0) is 19.2. The fraction of sp³-hybridized carbons (Fsp3) is 0.211. The van der Waals surface area contributed by atoms with E-state index in [9.17, 15) is 4.79 Å². The van der Waals surface area contributed by atoms with Crippen LogP contribution >= 0.6 is 0 Å². The van der Waals surface area contributed by atoms with Crippen LogP contribution < -0.4 is 14.2 Å². The van der Waals surface area contributed by atoms with Crippen LogP contribution in [0.2, 0.25) is 0 Å². The molecule has 0 aliphatic heterocycles. The highest BCUT2D eigenvalue weighted by Crippen LogP contribution is 2.35. The Morgan fingerprint density at radius 2 is 1.63 bits per heavy atom. The van der Waals surface area contributed by atoms with E-state index >= 15 is 0 Å². The number of benzene rings is 2. The van der Waals surface area contributed by atoms with Crippen molar-refractivity contribution in [2.75, 3.05) is 21.3 Å². The van der Waals surface area contributed by atoms with Crippen LogP contribution in [-0.4, -0.2) is 37.4 Å². The van der Waals surface area contributed by atoms with Crippen LogP contribution in [0.5, 0.6) is 17.2 Å². The summed E-state index contributed by atoms with van der Waals surface area (Å²) in [6, 6.07) is 12.4. The Bertz CT molecular complexity index is 923. The summed E-state index contributed by atoms with van der Waals surface area (Å²) < 4.78 is 26.0. The molecule has 0 bridgehead atoms. The molecule has 0 aliphatic rings. The lowest BCUT2D eigenvalue weighted by atomic mass is 10.1. The Labute approximate surface area is 155 Å². The van der Waals surface area contributed by atoms with Gasteiger partial charge in [-0.3, -0.25) is 0 Å². The first kappa shape index (κ1) is 18.2. The maximum Gasteiger partial charge on any atom is 0.342 e. The lowest BCUT2D eigenvalue weighted by Crippen LogP contribution is -2.08. The van der Waals surface area contributed by atoms with Crippen LogP contribution in [0.3, 0.4) is 0 Å². The maximum atomic E-state index is 12.5. The first-order valence-corrected chi connectivity index (χ1v) is 8.01. The van der Waals surface area contributed by atoms with Gasteiger partial charge in [-0.2, -0.15) is 4.98 Å². The highest BCUT2D eigenvalue weighted by atomic mass is 16.6. The largest absolute Gasteiger partial charge is 0.496 e. The van der Waals surface area contributed by atoms with Crippen LogP contribution in [0.4, 0.5) is 0 Å². The summed E-state index contributed by atoms with van der Waals surface area (Å²) in [6.07, 6.45) is 0. The Balaban J connectivity index is 1.74. The molecule has 0 aliphatic carbocycles. The van der Waals surface area contributed by atoms with Crippen molar-refractivity contribution in [1.29, 1.82) is 0 Å². The molecule has 8 nitrogen and oxygen atoms in total. The van der Waals surface area contributed by atoms with Gasteiger partial charge in [-0.25, -0.2) is 4.79 Å². The van der Waals surface area contributed by atoms with Gasteiger partial charge in [0.1, 0.15) is 11.3 Å². The SMILES string of the molecule is COc1cc(OC)c(C(=O)OCc2nc(-c3ccccc3)no2)cc1OC. The second kappa shape index (κ2) is 8.22. The number of ether oxygens (including phenoxy) is 4. The monoisotopic (exact) mass is 370 g/mol. The molecule has 0 spiro atoms. The van der Waals surface area contributed by atoms with Crippen molar-refractivity contribution in [2.45, 2.75) is 6.61 Å². The molecule has 0 N–H and O–H groups in total. The number of hydrogen-bond acceptors (Lipinski definition) is 8. The van der Waals surface area contributed by atoms with Gasteiger partial charge in [0, 0.05) is 17.7 Å². The predicted octanol–water partition coefficient (Wildman–Crippen LogP) is 3.12. The smallest absolute Gasteiger partial charge is 0.342 e. The summed E-state index contributed by atoms with van der Waals surface area (Å²) in [5.41, 5.74) is 0.998. The molecular formula is C19H18N2O6. The number of carbonyl (C=O) groups is 1. The van der Waals surface area contributed by atoms with Gasteiger partial charge in [0.05, 0.1) is 21.3 Å². The molecule has 27 heavy (non-hydrogen) atoms. The molecule has 3 aromatic rings. The Morgan fingerprint density at radius 1 is 0.963 bits per heavy atom. The number of aromatic nitrogens is 2. The lowest BCUT2D eigenvalue weighted by Gasteiger charge is -2.13. The summed E-state index contributed by atoms with van der Waals surface area (Å²) >= 11 is 0. The molecule has 140 valence electrons. The molecule has 0 unspecified atom stereocenters. The molecule has 0 saturated heterocycles. The van der Waals surface area contributed by atoms with E-state index in [4.69, 9.17) is 23.5 Å². The quantitative estimate of drug-likeness (QED) is 0.586. The first-order chi connectivity index (χ1) is 13.2. The van der Waals surface area contributed by atoms with Crippen molar-refractivity contribution in [3.8, 4) is 28.6 Å². The molecule has 0 atom stereocenters. The van der Waals surface area contributed by atoms with Crippen LogP contribution in [-0.2, 0) is 11.3 Å². The van der Waals surface area contributed by atoms with Gasteiger partial charge in [0.15, 0.2) is 18.1 Å². The lowest BCUT2D eigenvalue weighted by molar-refractivity contribution is 0.0425. The van der Waals surface area contributed by atoms with Crippen LogP contribution in [0.1, 0.15) is 16.2 Å². The number of hydrogen-bond donors (Lipinski definition) is 0. The minimum absolute atomic E-state index is 0.170. The van der Waals surface area contributed by atoms with Crippen LogP contribution in [0.15, 0.2) is 47.0 Å². The summed E-state index contributed by atoms with van der Waals surface area (Å²) in [4.78, 5) is 16.7. The van der Waals surface area contributed by atoms with E-state index in [-0.39, 0.29) is 18.1 Å². The van der Waals surface area contributed by atoms with E-state index in [1.807, 2.05) is 30.3 Å². The van der Waals surface area contributed by atoms with Crippen LogP contribution in [0, 0.1) is 0 Å². The maximum absolute atomic E-state index is 12.5. The van der Waals surface area contributed by atoms with Crippen molar-refractivity contribution < 1.29 is 28.3 Å². The summed E-state index contributed by atoms with van der Waals surface area (Å²) in [5.74, 6) is 1.11. The zero-order valence-electron chi connectivity index (χ0n) is 15.1. The number of carbonyl (C=O) groups excluding carboxylic acids is 1. The van der Waals surface area contributed by atoms with Gasteiger partial charge in [0.25, 0.3) is 5.89 Å². The third kappa shape index (κ3) is 4.00. The topological polar surface area (TPSA) is 92.9 Å². The Kier molecular flexibility index (Phi) is 5.55. The number of methoxy groups -OCH3 is 3. The average Bonchev–Trinajstić information content (AvgIpc) is 3.20. The molecule has 0 amide bonds. The van der Waals surface area contributed by atoms with E-state index in [0.717, 1.165) is 5.56 Å². The summed E-state index contributed by atoms with van der Waals surface area (Å²) in [6.45, 7) is -0.170. The summed E-state index contributed by atoms with van der Waals surface area (Å²) in [5, 5.41) is 3.88. The fourth-order valence-electron chi connectivity index (χ4n) is 2.41. The number of rotatable bonds is 7. The second-order valence-corrected chi connectivity index (χ2v) is 5.36. The number of esters is 1. The van der Waals surface area contributed by atoms with Crippen molar-refractivity contribution in [1.82, 2.24) is 10.1 Å². The molecular weight excluding hydrogens is 352 g/mol. The Morgan fingerprint density at radius 3 is 2.30 bits per heavy atom. The minimum atomic E-state index is -0.618. The standard InChI is InChI=1S/C19H18N2O6/c1-23-14-10-16(25-3)15(24-2)9-13(14)19(22)26-11-17-20-18(21-27-17)12-7-5-4-6-8-12/h4-10H,11H2,1-3H3. The molecule has 1 heterocycles. The highest BCUT2D eigenvalue weighted by molar-refractivity contribution is 5.93. The second-order valence-electron chi connectivity index (χ2n) is 5.36. The molecule has 0 fully saturated rings. The molecule has 1 aromatic heterocycles. The molecule has 2 aromatic carbocycles. The van der Waals surface area contributed by atoms with E-state index in [2.05, 4.69) is 10.1 Å². The van der Waals surface area contributed by atoms with Gasteiger partial charge in [0.2, 0.25) is 5.82 Å². The van der Waals surface area contributed by atoms with Gasteiger partial charge in [-0.1, -0.05) is 35.5 Å². The normalized spacial score (nSPS) is 10.3. The van der Waals surface area contributed by atoms with E-state index in [0.29, 0.717) is 23.1 Å². The van der Waals surface area contributed by atoms with Gasteiger partial charge < -0.3 is 23.5 Å². The van der Waals surface area contributed by atoms with Gasteiger partial charge >= 0.3 is 5.97 Å². The highest BCUT2D eigenvalue weighted by Gasteiger charge is 2.20. The van der Waals surface area contributed by atoms with Crippen molar-refractivity contribution in [3.63, 3.8) is 0 Å². The third-order valence-electron chi connectivity index (χ3n) is 3.75. The van der Waals surface area contributed by atoms with Crippen molar-refractivity contribution in [3.05, 3.63) is 53.9 Å². The van der Waals surface area contributed by atoms with E-state index in [1.165, 1.54) is 27.4 Å². The Hall–Kier alpha value is -3.55. The summed E-state index contributed by atoms with van der Waals surface area (Å²) in [7, 11) is 4.42. The van der Waals surface area contributed by atoms with E-state index in [1.54, 1.807) is 6.07 Å². The van der Waals surface area contributed by atoms with Gasteiger partial charge in [-0.15, -0.1) is 0 Å². The minimum Gasteiger partial charge on any atom is -0.496 e. The zero-order valence-corrected chi connectivity index (χ0v) is 15.1. The molecule has 3 rings (SSSR count). The first-order valence-electron chi connectivity index (χ1n) is 8.01. The molecule has 0 saturated carbocycles. The molecule has 0 radical (unpaired) electrons. The van der Waals surface area contributed by atoms with E-state index < -0.39 is 5.97 Å².